The number of nitrogens with one attached hydrogen (secondary N) is 1. The lowest BCUT2D eigenvalue weighted by Gasteiger charge is -2.27. The zero-order valence-electron chi connectivity index (χ0n) is 17.6. The fraction of sp³-hybridized carbons (Fsp3) is 0.455. The predicted octanol–water partition coefficient (Wildman–Crippen LogP) is 2.11. The van der Waals surface area contributed by atoms with Crippen LogP contribution in [0.3, 0.4) is 0 Å². The van der Waals surface area contributed by atoms with Crippen LogP contribution in [0.2, 0.25) is 0 Å². The molecule has 1 aromatic carbocycles. The van der Waals surface area contributed by atoms with E-state index in [2.05, 4.69) is 10.3 Å². The molecule has 1 aromatic rings. The Hall–Kier alpha value is -3.16. The van der Waals surface area contributed by atoms with Crippen molar-refractivity contribution in [2.75, 3.05) is 25.5 Å². The number of hydrogen-bond donors (Lipinski definition) is 2. The van der Waals surface area contributed by atoms with Gasteiger partial charge < -0.3 is 15.3 Å². The largest absolute Gasteiger partial charge is 0.481 e. The molecule has 0 bridgehead atoms. The summed E-state index contributed by atoms with van der Waals surface area (Å²) in [6.07, 6.45) is 4.11. The Morgan fingerprint density at radius 1 is 1.20 bits per heavy atom. The van der Waals surface area contributed by atoms with E-state index in [1.54, 1.807) is 13.0 Å². The molecule has 2 amide bonds. The molecular formula is C22H28N4O4. The minimum Gasteiger partial charge on any atom is -0.481 e. The number of amides is 2. The normalized spacial score (nSPS) is 22.8. The third kappa shape index (κ3) is 5.06. The standard InChI is InChI=1S/C22H28N4O4/c1-14-23-19(12-15-4-10-18(11-5-15)25(2)3)21(28)26(14)13-20(27)24-17-8-6-16(7-9-17)22(29)30/h4-5,10-12,16-17H,6-9,13H2,1-3H3,(H,24,27)(H,29,30). The van der Waals surface area contributed by atoms with E-state index >= 15 is 0 Å². The van der Waals surface area contributed by atoms with Crippen molar-refractivity contribution < 1.29 is 19.5 Å². The molecule has 0 atom stereocenters. The first kappa shape index (κ1) is 21.5. The average molecular weight is 412 g/mol. The van der Waals surface area contributed by atoms with Crippen LogP contribution in [0.25, 0.3) is 6.08 Å². The first-order valence-electron chi connectivity index (χ1n) is 10.1. The van der Waals surface area contributed by atoms with Gasteiger partial charge in [0.25, 0.3) is 5.91 Å². The van der Waals surface area contributed by atoms with E-state index in [1.165, 1.54) is 4.90 Å². The monoisotopic (exact) mass is 412 g/mol. The summed E-state index contributed by atoms with van der Waals surface area (Å²) in [7, 11) is 3.92. The molecule has 160 valence electrons. The molecule has 0 unspecified atom stereocenters. The second-order valence-electron chi connectivity index (χ2n) is 8.02. The molecule has 8 nitrogen and oxygen atoms in total. The van der Waals surface area contributed by atoms with E-state index in [4.69, 9.17) is 5.11 Å². The number of carbonyl (C=O) groups excluding carboxylic acids is 2. The number of carbonyl (C=O) groups is 3. The Morgan fingerprint density at radius 2 is 1.83 bits per heavy atom. The van der Waals surface area contributed by atoms with Crippen LogP contribution in [0, 0.1) is 5.92 Å². The quantitative estimate of drug-likeness (QED) is 0.697. The van der Waals surface area contributed by atoms with Gasteiger partial charge in [-0.15, -0.1) is 0 Å². The highest BCUT2D eigenvalue weighted by molar-refractivity contribution is 6.15. The third-order valence-corrected chi connectivity index (χ3v) is 5.59. The molecule has 0 aromatic heterocycles. The SMILES string of the molecule is CC1=NC(=Cc2ccc(N(C)C)cc2)C(=O)N1CC(=O)NC1CCC(C(=O)O)CC1. The summed E-state index contributed by atoms with van der Waals surface area (Å²) >= 11 is 0. The van der Waals surface area contributed by atoms with Crippen molar-refractivity contribution in [2.24, 2.45) is 10.9 Å². The van der Waals surface area contributed by atoms with Gasteiger partial charge in [0.05, 0.1) is 5.92 Å². The van der Waals surface area contributed by atoms with E-state index in [0.717, 1.165) is 11.3 Å². The Bertz CT molecular complexity index is 881. The lowest BCUT2D eigenvalue weighted by atomic mass is 9.86. The Morgan fingerprint density at radius 3 is 2.40 bits per heavy atom. The van der Waals surface area contributed by atoms with Gasteiger partial charge in [0.1, 0.15) is 18.1 Å². The molecule has 30 heavy (non-hydrogen) atoms. The summed E-state index contributed by atoms with van der Waals surface area (Å²) in [5.74, 6) is -1.17. The maximum atomic E-state index is 12.7. The molecule has 1 fully saturated rings. The molecule has 3 rings (SSSR count). The summed E-state index contributed by atoms with van der Waals surface area (Å²) in [6, 6.07) is 7.72. The topological polar surface area (TPSA) is 102 Å². The van der Waals surface area contributed by atoms with E-state index in [0.29, 0.717) is 37.2 Å². The van der Waals surface area contributed by atoms with Crippen molar-refractivity contribution >= 4 is 35.4 Å². The number of nitrogens with zero attached hydrogens (tertiary/aromatic N) is 3. The fourth-order valence-electron chi connectivity index (χ4n) is 3.78. The molecule has 8 heteroatoms. The van der Waals surface area contributed by atoms with E-state index < -0.39 is 5.97 Å². The minimum atomic E-state index is -0.773. The van der Waals surface area contributed by atoms with E-state index in [9.17, 15) is 14.4 Å². The molecule has 1 aliphatic heterocycles. The minimum absolute atomic E-state index is 0.0479. The number of aliphatic carboxylic acids is 1. The van der Waals surface area contributed by atoms with Crippen molar-refractivity contribution in [1.82, 2.24) is 10.2 Å². The molecular weight excluding hydrogens is 384 g/mol. The van der Waals surface area contributed by atoms with Crippen molar-refractivity contribution in [3.63, 3.8) is 0 Å². The lowest BCUT2D eigenvalue weighted by Crippen LogP contribution is -2.45. The summed E-state index contributed by atoms with van der Waals surface area (Å²) in [6.45, 7) is 1.61. The number of anilines is 1. The molecule has 1 saturated carbocycles. The van der Waals surface area contributed by atoms with Crippen LogP contribution in [0.15, 0.2) is 35.0 Å². The summed E-state index contributed by atoms with van der Waals surface area (Å²) in [5.41, 5.74) is 2.23. The van der Waals surface area contributed by atoms with Gasteiger partial charge in [-0.3, -0.25) is 19.3 Å². The number of benzene rings is 1. The van der Waals surface area contributed by atoms with Crippen molar-refractivity contribution in [3.05, 3.63) is 35.5 Å². The van der Waals surface area contributed by atoms with Crippen LogP contribution in [0.4, 0.5) is 5.69 Å². The van der Waals surface area contributed by atoms with Gasteiger partial charge in [-0.05, 0) is 56.4 Å². The van der Waals surface area contributed by atoms with E-state index in [-0.39, 0.29) is 30.3 Å². The maximum Gasteiger partial charge on any atom is 0.306 e. The number of aliphatic imine (C=N–C) groups is 1. The van der Waals surface area contributed by atoms with Crippen LogP contribution in [-0.2, 0) is 14.4 Å². The third-order valence-electron chi connectivity index (χ3n) is 5.59. The Balaban J connectivity index is 1.57. The van der Waals surface area contributed by atoms with Gasteiger partial charge >= 0.3 is 5.97 Å². The van der Waals surface area contributed by atoms with Crippen LogP contribution in [-0.4, -0.2) is 60.3 Å². The zero-order valence-corrected chi connectivity index (χ0v) is 17.6. The van der Waals surface area contributed by atoms with Crippen LogP contribution in [0.1, 0.15) is 38.2 Å². The smallest absolute Gasteiger partial charge is 0.306 e. The van der Waals surface area contributed by atoms with Gasteiger partial charge in [-0.1, -0.05) is 12.1 Å². The summed E-state index contributed by atoms with van der Waals surface area (Å²) in [5, 5.41) is 12.0. The highest BCUT2D eigenvalue weighted by Crippen LogP contribution is 2.25. The summed E-state index contributed by atoms with van der Waals surface area (Å²) < 4.78 is 0. The summed E-state index contributed by atoms with van der Waals surface area (Å²) in [4.78, 5) is 43.9. The Labute approximate surface area is 176 Å². The maximum absolute atomic E-state index is 12.7. The van der Waals surface area contributed by atoms with Gasteiger partial charge in [-0.2, -0.15) is 0 Å². The van der Waals surface area contributed by atoms with Gasteiger partial charge in [0.2, 0.25) is 5.91 Å². The first-order valence-corrected chi connectivity index (χ1v) is 10.1. The van der Waals surface area contributed by atoms with Crippen molar-refractivity contribution in [2.45, 2.75) is 38.6 Å². The molecule has 1 aliphatic carbocycles. The molecule has 0 radical (unpaired) electrons. The molecule has 2 aliphatic rings. The lowest BCUT2D eigenvalue weighted by molar-refractivity contribution is -0.143. The fourth-order valence-corrected chi connectivity index (χ4v) is 3.78. The zero-order chi connectivity index (χ0) is 21.8. The number of hydrogen-bond acceptors (Lipinski definition) is 5. The van der Waals surface area contributed by atoms with Gasteiger partial charge in [0, 0.05) is 25.8 Å². The Kier molecular flexibility index (Phi) is 6.54. The number of carboxylic acids is 1. The van der Waals surface area contributed by atoms with Gasteiger partial charge in [-0.25, -0.2) is 4.99 Å². The van der Waals surface area contributed by atoms with Crippen LogP contribution in [0.5, 0.6) is 0 Å². The van der Waals surface area contributed by atoms with Gasteiger partial charge in [0.15, 0.2) is 0 Å². The molecule has 0 saturated heterocycles. The first-order chi connectivity index (χ1) is 14.2. The van der Waals surface area contributed by atoms with Crippen LogP contribution >= 0.6 is 0 Å². The van der Waals surface area contributed by atoms with Crippen molar-refractivity contribution in [1.29, 1.82) is 0 Å². The predicted molar refractivity (Wildman–Crippen MR) is 115 cm³/mol. The number of amidine groups is 1. The average Bonchev–Trinajstić information content (AvgIpc) is 2.96. The molecule has 1 heterocycles. The van der Waals surface area contributed by atoms with Crippen molar-refractivity contribution in [3.8, 4) is 0 Å². The second-order valence-corrected chi connectivity index (χ2v) is 8.02. The van der Waals surface area contributed by atoms with E-state index in [1.807, 2.05) is 43.3 Å². The number of rotatable bonds is 6. The highest BCUT2D eigenvalue weighted by Gasteiger charge is 2.31. The molecule has 2 N–H and O–H groups in total. The molecule has 0 spiro atoms. The number of carboxylic acid groups (broad SMARTS) is 1. The second kappa shape index (κ2) is 9.11. The van der Waals surface area contributed by atoms with Crippen LogP contribution < -0.4 is 10.2 Å². The highest BCUT2D eigenvalue weighted by atomic mass is 16.4.